The third-order valence-electron chi connectivity index (χ3n) is 3.81. The summed E-state index contributed by atoms with van der Waals surface area (Å²) in [6.07, 6.45) is 3.85. The van der Waals surface area contributed by atoms with Crippen molar-refractivity contribution < 1.29 is 9.53 Å². The number of amides is 1. The number of carbonyl (C=O) groups excluding carboxylic acids is 1. The van der Waals surface area contributed by atoms with Gasteiger partial charge in [-0.2, -0.15) is 0 Å². The molecule has 1 saturated heterocycles. The van der Waals surface area contributed by atoms with Crippen LogP contribution in [0.2, 0.25) is 0 Å². The summed E-state index contributed by atoms with van der Waals surface area (Å²) in [5.41, 5.74) is 7.78. The summed E-state index contributed by atoms with van der Waals surface area (Å²) < 4.78 is 5.53. The second-order valence-corrected chi connectivity index (χ2v) is 5.41. The molecule has 1 amide bonds. The Morgan fingerprint density at radius 3 is 2.80 bits per heavy atom. The predicted octanol–water partition coefficient (Wildman–Crippen LogP) is 2.28. The first-order chi connectivity index (χ1) is 9.69. The molecule has 4 heteroatoms. The van der Waals surface area contributed by atoms with Crippen LogP contribution in [0.25, 0.3) is 0 Å². The lowest BCUT2D eigenvalue weighted by atomic mass is 10.1. The predicted molar refractivity (Wildman–Crippen MR) is 79.1 cm³/mol. The zero-order valence-electron chi connectivity index (χ0n) is 12.1. The Morgan fingerprint density at radius 2 is 2.20 bits per heavy atom. The lowest BCUT2D eigenvalue weighted by molar-refractivity contribution is -0.122. The summed E-state index contributed by atoms with van der Waals surface area (Å²) in [5, 5.41) is 3.03. The lowest BCUT2D eigenvalue weighted by Crippen LogP contribution is -2.27. The molecule has 0 spiro atoms. The normalized spacial score (nSPS) is 19.8. The zero-order valence-corrected chi connectivity index (χ0v) is 12.1. The Morgan fingerprint density at radius 1 is 1.45 bits per heavy atom. The van der Waals surface area contributed by atoms with Crippen molar-refractivity contribution in [3.8, 4) is 0 Å². The van der Waals surface area contributed by atoms with Gasteiger partial charge in [0.05, 0.1) is 12.1 Å². The minimum Gasteiger partial charge on any atom is -0.378 e. The van der Waals surface area contributed by atoms with E-state index in [4.69, 9.17) is 10.5 Å². The number of nitrogens with one attached hydrogen (secondary N) is 1. The molecule has 0 bridgehead atoms. The summed E-state index contributed by atoms with van der Waals surface area (Å²) in [6, 6.07) is 8.08. The minimum absolute atomic E-state index is 0.0267. The highest BCUT2D eigenvalue weighted by Gasteiger charge is 2.17. The molecule has 20 heavy (non-hydrogen) atoms. The molecule has 1 aromatic carbocycles. The molecular weight excluding hydrogens is 252 g/mol. The van der Waals surface area contributed by atoms with Crippen molar-refractivity contribution in [2.24, 2.45) is 5.73 Å². The van der Waals surface area contributed by atoms with Crippen molar-refractivity contribution in [2.75, 3.05) is 6.61 Å². The van der Waals surface area contributed by atoms with Gasteiger partial charge in [-0.05, 0) is 37.3 Å². The van der Waals surface area contributed by atoms with Crippen LogP contribution >= 0.6 is 0 Å². The molecule has 0 aliphatic carbocycles. The highest BCUT2D eigenvalue weighted by atomic mass is 16.5. The average molecular weight is 276 g/mol. The highest BCUT2D eigenvalue weighted by molar-refractivity contribution is 5.76. The molecule has 110 valence electrons. The van der Waals surface area contributed by atoms with Gasteiger partial charge in [0.15, 0.2) is 0 Å². The van der Waals surface area contributed by atoms with E-state index in [1.807, 2.05) is 31.2 Å². The third kappa shape index (κ3) is 4.32. The number of hydrogen-bond acceptors (Lipinski definition) is 3. The van der Waals surface area contributed by atoms with E-state index in [1.165, 1.54) is 0 Å². The molecule has 0 radical (unpaired) electrons. The molecule has 2 rings (SSSR count). The quantitative estimate of drug-likeness (QED) is 0.838. The lowest BCUT2D eigenvalue weighted by Gasteiger charge is -2.15. The molecule has 1 aromatic rings. The van der Waals surface area contributed by atoms with Crippen LogP contribution < -0.4 is 11.1 Å². The number of benzene rings is 1. The van der Waals surface area contributed by atoms with Gasteiger partial charge in [0.25, 0.3) is 0 Å². The van der Waals surface area contributed by atoms with E-state index in [0.717, 1.165) is 37.0 Å². The van der Waals surface area contributed by atoms with Crippen LogP contribution in [0, 0.1) is 0 Å². The monoisotopic (exact) mass is 276 g/mol. The smallest absolute Gasteiger partial charge is 0.220 e. The second kappa shape index (κ2) is 7.41. The maximum Gasteiger partial charge on any atom is 0.220 e. The van der Waals surface area contributed by atoms with Gasteiger partial charge >= 0.3 is 0 Å². The molecule has 1 heterocycles. The molecule has 2 atom stereocenters. The topological polar surface area (TPSA) is 64.3 Å². The minimum atomic E-state index is 0.0267. The molecule has 4 nitrogen and oxygen atoms in total. The second-order valence-electron chi connectivity index (χ2n) is 5.41. The van der Waals surface area contributed by atoms with Gasteiger partial charge in [-0.3, -0.25) is 4.79 Å². The van der Waals surface area contributed by atoms with Crippen LogP contribution in [0.15, 0.2) is 24.3 Å². The fraction of sp³-hybridized carbons (Fsp3) is 0.562. The molecule has 2 unspecified atom stereocenters. The Hall–Kier alpha value is -1.39. The third-order valence-corrected chi connectivity index (χ3v) is 3.81. The fourth-order valence-corrected chi connectivity index (χ4v) is 2.50. The fourth-order valence-electron chi connectivity index (χ4n) is 2.50. The van der Waals surface area contributed by atoms with Gasteiger partial charge in [-0.25, -0.2) is 0 Å². The van der Waals surface area contributed by atoms with Crippen LogP contribution in [0.5, 0.6) is 0 Å². The molecule has 0 saturated carbocycles. The molecule has 3 N–H and O–H groups in total. The molecular formula is C16H24N2O2. The van der Waals surface area contributed by atoms with Crippen molar-refractivity contribution in [3.63, 3.8) is 0 Å². The van der Waals surface area contributed by atoms with E-state index in [1.54, 1.807) is 0 Å². The summed E-state index contributed by atoms with van der Waals surface area (Å²) in [5.74, 6) is 0.0934. The van der Waals surface area contributed by atoms with Gasteiger partial charge < -0.3 is 15.8 Å². The van der Waals surface area contributed by atoms with E-state index in [9.17, 15) is 4.79 Å². The number of ether oxygens (including phenoxy) is 1. The Kier molecular flexibility index (Phi) is 5.56. The van der Waals surface area contributed by atoms with Crippen LogP contribution in [0.4, 0.5) is 0 Å². The van der Waals surface area contributed by atoms with Crippen LogP contribution in [0.3, 0.4) is 0 Å². The van der Waals surface area contributed by atoms with Gasteiger partial charge in [-0.1, -0.05) is 24.3 Å². The number of hydrogen-bond donors (Lipinski definition) is 2. The van der Waals surface area contributed by atoms with Crippen molar-refractivity contribution >= 4 is 5.91 Å². The van der Waals surface area contributed by atoms with Crippen LogP contribution in [-0.2, 0) is 16.1 Å². The van der Waals surface area contributed by atoms with Crippen molar-refractivity contribution in [1.29, 1.82) is 0 Å². The molecule has 1 fully saturated rings. The van der Waals surface area contributed by atoms with E-state index < -0.39 is 0 Å². The van der Waals surface area contributed by atoms with E-state index in [2.05, 4.69) is 5.32 Å². The number of carbonyl (C=O) groups is 1. The summed E-state index contributed by atoms with van der Waals surface area (Å²) >= 11 is 0. The highest BCUT2D eigenvalue weighted by Crippen LogP contribution is 2.18. The van der Waals surface area contributed by atoms with Crippen molar-refractivity contribution in [1.82, 2.24) is 5.32 Å². The summed E-state index contributed by atoms with van der Waals surface area (Å²) in [4.78, 5) is 11.9. The summed E-state index contributed by atoms with van der Waals surface area (Å²) in [6.45, 7) is 3.39. The zero-order chi connectivity index (χ0) is 14.4. The van der Waals surface area contributed by atoms with E-state index >= 15 is 0 Å². The first-order valence-corrected chi connectivity index (χ1v) is 7.39. The van der Waals surface area contributed by atoms with Crippen LogP contribution in [0.1, 0.15) is 49.8 Å². The van der Waals surface area contributed by atoms with Gasteiger partial charge in [0.1, 0.15) is 0 Å². The van der Waals surface area contributed by atoms with E-state index in [0.29, 0.717) is 13.0 Å². The first kappa shape index (κ1) is 15.0. The van der Waals surface area contributed by atoms with Gasteiger partial charge in [-0.15, -0.1) is 0 Å². The largest absolute Gasteiger partial charge is 0.378 e. The van der Waals surface area contributed by atoms with Gasteiger partial charge in [0, 0.05) is 19.6 Å². The Bertz CT molecular complexity index is 425. The Balaban J connectivity index is 1.77. The first-order valence-electron chi connectivity index (χ1n) is 7.39. The number of rotatable bonds is 6. The number of nitrogens with two attached hydrogens (primary N) is 1. The van der Waals surface area contributed by atoms with E-state index in [-0.39, 0.29) is 18.1 Å². The maximum atomic E-state index is 11.9. The molecule has 0 aromatic heterocycles. The van der Waals surface area contributed by atoms with Gasteiger partial charge in [0.2, 0.25) is 5.91 Å². The molecule has 1 aliphatic rings. The maximum absolute atomic E-state index is 11.9. The average Bonchev–Trinajstić information content (AvgIpc) is 2.98. The van der Waals surface area contributed by atoms with Crippen molar-refractivity contribution in [2.45, 2.75) is 51.3 Å². The van der Waals surface area contributed by atoms with Crippen molar-refractivity contribution in [3.05, 3.63) is 35.4 Å². The molecule has 1 aliphatic heterocycles. The SMILES string of the molecule is CC(NC(=O)CCC1CCCO1)c1ccc(CN)cc1. The van der Waals surface area contributed by atoms with Crippen LogP contribution in [-0.4, -0.2) is 18.6 Å². The standard InChI is InChI=1S/C16H24N2O2/c1-12(14-6-4-13(11-17)5-7-14)18-16(19)9-8-15-3-2-10-20-15/h4-7,12,15H,2-3,8-11,17H2,1H3,(H,18,19). The Labute approximate surface area is 120 Å². The summed E-state index contributed by atoms with van der Waals surface area (Å²) in [7, 11) is 0.